The van der Waals surface area contributed by atoms with Gasteiger partial charge in [0.1, 0.15) is 0 Å². The molecular weight excluding hydrogens is 771 g/mol. The molecular formula is C59H103NO3. The molecule has 3 N–H and O–H groups in total. The van der Waals surface area contributed by atoms with E-state index in [-0.39, 0.29) is 12.5 Å². The quantitative estimate of drug-likeness (QED) is 0.0421. The van der Waals surface area contributed by atoms with E-state index in [1.807, 2.05) is 6.08 Å². The number of rotatable bonds is 48. The third kappa shape index (κ3) is 50.2. The van der Waals surface area contributed by atoms with Crippen LogP contribution in [0.4, 0.5) is 0 Å². The normalized spacial score (nSPS) is 13.7. The molecule has 2 unspecified atom stereocenters. The van der Waals surface area contributed by atoms with Crippen molar-refractivity contribution in [2.24, 2.45) is 0 Å². The molecule has 0 aliphatic heterocycles. The molecule has 0 aliphatic carbocycles. The lowest BCUT2D eigenvalue weighted by Crippen LogP contribution is -2.45. The number of nitrogens with one attached hydrogen (secondary N) is 1. The van der Waals surface area contributed by atoms with Crippen LogP contribution in [-0.4, -0.2) is 34.9 Å². The summed E-state index contributed by atoms with van der Waals surface area (Å²) < 4.78 is 0. The van der Waals surface area contributed by atoms with Crippen LogP contribution in [0.25, 0.3) is 0 Å². The average molecular weight is 874 g/mol. The van der Waals surface area contributed by atoms with Gasteiger partial charge in [0.25, 0.3) is 0 Å². The molecule has 63 heavy (non-hydrogen) atoms. The van der Waals surface area contributed by atoms with E-state index in [4.69, 9.17) is 0 Å². The SMILES string of the molecule is CC/C=C\C/C=C\C/C=C\C/C=C\C/C=C\C/C=C\C/C=C\CCCCCCCCCCCCCCCC(=O)NC(CO)C(O)/C=C/CCCCCCCCCCCCCCCC. The summed E-state index contributed by atoms with van der Waals surface area (Å²) in [6, 6.07) is -0.627. The molecule has 1 amide bonds. The summed E-state index contributed by atoms with van der Waals surface area (Å²) in [5, 5.41) is 23.1. The number of aliphatic hydroxyl groups excluding tert-OH is 2. The lowest BCUT2D eigenvalue weighted by atomic mass is 10.0. The summed E-state index contributed by atoms with van der Waals surface area (Å²) in [7, 11) is 0. The zero-order valence-electron chi connectivity index (χ0n) is 41.6. The van der Waals surface area contributed by atoms with Crippen LogP contribution in [0.15, 0.2) is 97.2 Å². The van der Waals surface area contributed by atoms with Gasteiger partial charge >= 0.3 is 0 Å². The van der Waals surface area contributed by atoms with Crippen LogP contribution in [0, 0.1) is 0 Å². The van der Waals surface area contributed by atoms with E-state index in [1.165, 1.54) is 161 Å². The second-order valence-electron chi connectivity index (χ2n) is 17.9. The fourth-order valence-corrected chi connectivity index (χ4v) is 7.75. The van der Waals surface area contributed by atoms with E-state index in [2.05, 4.69) is 104 Å². The molecule has 4 nitrogen and oxygen atoms in total. The van der Waals surface area contributed by atoms with Gasteiger partial charge in [0, 0.05) is 6.42 Å². The number of carbonyl (C=O) groups is 1. The fourth-order valence-electron chi connectivity index (χ4n) is 7.75. The highest BCUT2D eigenvalue weighted by Gasteiger charge is 2.18. The summed E-state index contributed by atoms with van der Waals surface area (Å²) in [6.45, 7) is 4.20. The average Bonchev–Trinajstić information content (AvgIpc) is 3.29. The molecule has 0 bridgehead atoms. The summed E-state index contributed by atoms with van der Waals surface area (Å²) >= 11 is 0. The summed E-state index contributed by atoms with van der Waals surface area (Å²) in [4.78, 5) is 12.4. The topological polar surface area (TPSA) is 69.6 Å². The summed E-state index contributed by atoms with van der Waals surface area (Å²) in [6.07, 6.45) is 79.8. The highest BCUT2D eigenvalue weighted by Crippen LogP contribution is 2.15. The number of allylic oxidation sites excluding steroid dienone is 15. The van der Waals surface area contributed by atoms with Gasteiger partial charge in [0.05, 0.1) is 18.8 Å². The second kappa shape index (κ2) is 53.6. The third-order valence-electron chi connectivity index (χ3n) is 11.8. The van der Waals surface area contributed by atoms with E-state index in [0.29, 0.717) is 6.42 Å². The van der Waals surface area contributed by atoms with Crippen LogP contribution in [0.5, 0.6) is 0 Å². The predicted octanol–water partition coefficient (Wildman–Crippen LogP) is 17.7. The Labute approximate surface area is 392 Å². The lowest BCUT2D eigenvalue weighted by molar-refractivity contribution is -0.123. The predicted molar refractivity (Wildman–Crippen MR) is 280 cm³/mol. The Morgan fingerprint density at radius 3 is 1.05 bits per heavy atom. The van der Waals surface area contributed by atoms with Crippen LogP contribution in [-0.2, 0) is 4.79 Å². The van der Waals surface area contributed by atoms with E-state index >= 15 is 0 Å². The Morgan fingerprint density at radius 1 is 0.397 bits per heavy atom. The highest BCUT2D eigenvalue weighted by molar-refractivity contribution is 5.76. The monoisotopic (exact) mass is 874 g/mol. The van der Waals surface area contributed by atoms with Crippen LogP contribution >= 0.6 is 0 Å². The smallest absolute Gasteiger partial charge is 0.220 e. The maximum Gasteiger partial charge on any atom is 0.220 e. The van der Waals surface area contributed by atoms with E-state index in [1.54, 1.807) is 6.08 Å². The van der Waals surface area contributed by atoms with E-state index < -0.39 is 12.1 Å². The molecule has 362 valence electrons. The van der Waals surface area contributed by atoms with Gasteiger partial charge in [-0.25, -0.2) is 0 Å². The van der Waals surface area contributed by atoms with Crippen molar-refractivity contribution in [3.05, 3.63) is 97.2 Å². The molecule has 2 atom stereocenters. The van der Waals surface area contributed by atoms with E-state index in [0.717, 1.165) is 70.6 Å². The Hall–Kier alpha value is -2.69. The first-order valence-corrected chi connectivity index (χ1v) is 27.0. The fraction of sp³-hybridized carbons (Fsp3) is 0.712. The van der Waals surface area contributed by atoms with E-state index in [9.17, 15) is 15.0 Å². The largest absolute Gasteiger partial charge is 0.394 e. The minimum atomic E-state index is -0.844. The summed E-state index contributed by atoms with van der Waals surface area (Å²) in [5.41, 5.74) is 0. The minimum Gasteiger partial charge on any atom is -0.394 e. The Morgan fingerprint density at radius 2 is 0.698 bits per heavy atom. The molecule has 0 rings (SSSR count). The number of carbonyl (C=O) groups excluding carboxylic acids is 1. The second-order valence-corrected chi connectivity index (χ2v) is 17.9. The van der Waals surface area contributed by atoms with Crippen molar-refractivity contribution in [3.63, 3.8) is 0 Å². The first-order valence-electron chi connectivity index (χ1n) is 27.0. The number of amides is 1. The third-order valence-corrected chi connectivity index (χ3v) is 11.8. The molecule has 0 aliphatic rings. The van der Waals surface area contributed by atoms with Crippen molar-refractivity contribution in [1.82, 2.24) is 5.32 Å². The zero-order valence-corrected chi connectivity index (χ0v) is 41.6. The van der Waals surface area contributed by atoms with Crippen LogP contribution < -0.4 is 5.32 Å². The van der Waals surface area contributed by atoms with Crippen LogP contribution in [0.2, 0.25) is 0 Å². The first-order chi connectivity index (χ1) is 31.2. The van der Waals surface area contributed by atoms with Gasteiger partial charge in [-0.3, -0.25) is 4.79 Å². The van der Waals surface area contributed by atoms with Gasteiger partial charge < -0.3 is 15.5 Å². The van der Waals surface area contributed by atoms with Crippen molar-refractivity contribution in [2.75, 3.05) is 6.61 Å². The van der Waals surface area contributed by atoms with Crippen molar-refractivity contribution in [1.29, 1.82) is 0 Å². The van der Waals surface area contributed by atoms with Gasteiger partial charge in [-0.15, -0.1) is 0 Å². The Kier molecular flexibility index (Phi) is 51.4. The van der Waals surface area contributed by atoms with Crippen molar-refractivity contribution < 1.29 is 15.0 Å². The minimum absolute atomic E-state index is 0.0678. The van der Waals surface area contributed by atoms with Gasteiger partial charge in [-0.2, -0.15) is 0 Å². The van der Waals surface area contributed by atoms with Crippen LogP contribution in [0.1, 0.15) is 251 Å². The Bertz CT molecular complexity index is 1170. The van der Waals surface area contributed by atoms with Gasteiger partial charge in [0.2, 0.25) is 5.91 Å². The van der Waals surface area contributed by atoms with Gasteiger partial charge in [-0.1, -0.05) is 265 Å². The molecule has 0 heterocycles. The Balaban J connectivity index is 3.55. The molecule has 0 saturated heterocycles. The maximum atomic E-state index is 12.4. The molecule has 0 aromatic carbocycles. The molecule has 0 fully saturated rings. The number of hydrogen-bond donors (Lipinski definition) is 3. The van der Waals surface area contributed by atoms with Crippen molar-refractivity contribution >= 4 is 5.91 Å². The molecule has 0 saturated carbocycles. The summed E-state index contributed by atoms with van der Waals surface area (Å²) in [5.74, 6) is -0.0678. The van der Waals surface area contributed by atoms with Gasteiger partial charge in [-0.05, 0) is 77.0 Å². The maximum absolute atomic E-state index is 12.4. The highest BCUT2D eigenvalue weighted by atomic mass is 16.3. The van der Waals surface area contributed by atoms with Crippen molar-refractivity contribution in [2.45, 2.75) is 264 Å². The number of aliphatic hydroxyl groups is 2. The van der Waals surface area contributed by atoms with Crippen molar-refractivity contribution in [3.8, 4) is 0 Å². The van der Waals surface area contributed by atoms with Crippen LogP contribution in [0.3, 0.4) is 0 Å². The standard InChI is InChI=1S/C59H103NO3/c1-3-5-7-9-11-13-15-17-19-21-22-23-24-25-26-27-28-29-30-31-32-33-34-35-36-37-38-39-41-43-45-47-49-51-53-55-59(63)60-57(56-61)58(62)54-52-50-48-46-44-42-40-20-18-16-14-12-10-8-6-4-2/h5,7,11,13,17,19,22-23,25-26,28-29,31-32,52,54,57-58,61-62H,3-4,6,8-10,12,14-16,18,20-21,24,27,30,33-51,53,55-56H2,1-2H3,(H,60,63)/b7-5-,13-11-,19-17-,23-22-,26-25-,29-28-,32-31-,54-52+. The number of unbranched alkanes of at least 4 members (excludes halogenated alkanes) is 27. The molecule has 0 spiro atoms. The first kappa shape index (κ1) is 60.3. The zero-order chi connectivity index (χ0) is 45.6. The van der Waals surface area contributed by atoms with Gasteiger partial charge in [0.15, 0.2) is 0 Å². The number of hydrogen-bond acceptors (Lipinski definition) is 3. The molecule has 4 heteroatoms. The lowest BCUT2D eigenvalue weighted by Gasteiger charge is -2.20. The molecule has 0 aromatic rings. The molecule has 0 aromatic heterocycles. The molecule has 0 radical (unpaired) electrons.